The fourth-order valence-corrected chi connectivity index (χ4v) is 2.73. The summed E-state index contributed by atoms with van der Waals surface area (Å²) in [5.74, 6) is 0.864. The van der Waals surface area contributed by atoms with Crippen LogP contribution in [0.5, 0.6) is 5.75 Å². The van der Waals surface area contributed by atoms with Gasteiger partial charge in [0.1, 0.15) is 10.8 Å². The van der Waals surface area contributed by atoms with Crippen LogP contribution >= 0.6 is 24.0 Å². The van der Waals surface area contributed by atoms with Gasteiger partial charge in [0.25, 0.3) is 0 Å². The van der Waals surface area contributed by atoms with Gasteiger partial charge in [-0.15, -0.1) is 24.0 Å². The normalized spacial score (nSPS) is 10.7. The summed E-state index contributed by atoms with van der Waals surface area (Å²) in [5, 5.41) is 1.77. The molecular formula is C10H11NOS2. The molecule has 0 aliphatic rings. The molecule has 0 saturated carbocycles. The van der Waals surface area contributed by atoms with Crippen LogP contribution in [0.1, 0.15) is 6.92 Å². The van der Waals surface area contributed by atoms with Crippen molar-refractivity contribution in [3.63, 3.8) is 0 Å². The first-order valence-corrected chi connectivity index (χ1v) is 5.63. The van der Waals surface area contributed by atoms with Gasteiger partial charge in [-0.25, -0.2) is 0 Å². The van der Waals surface area contributed by atoms with Crippen LogP contribution in [0, 0.1) is 0 Å². The molecule has 74 valence electrons. The minimum atomic E-state index is 0.655. The molecule has 0 aliphatic heterocycles. The van der Waals surface area contributed by atoms with Crippen LogP contribution in [0.3, 0.4) is 0 Å². The maximum atomic E-state index is 5.80. The van der Waals surface area contributed by atoms with Gasteiger partial charge in [0.05, 0.1) is 12.0 Å². The Morgan fingerprint density at radius 2 is 2.29 bits per heavy atom. The largest absolute Gasteiger partial charge is 0.493 e. The lowest BCUT2D eigenvalue weighted by Gasteiger charge is -2.04. The zero-order chi connectivity index (χ0) is 10.1. The number of ether oxygens (including phenoxy) is 1. The number of nitrogens with two attached hydrogens (primary N) is 1. The number of thiol groups is 1. The fourth-order valence-electron chi connectivity index (χ4n) is 1.40. The number of hydrogen-bond donors (Lipinski definition) is 2. The predicted molar refractivity (Wildman–Crippen MR) is 64.7 cm³/mol. The first-order valence-electron chi connectivity index (χ1n) is 4.36. The average Bonchev–Trinajstić information content (AvgIpc) is 2.45. The predicted octanol–water partition coefficient (Wildman–Crippen LogP) is 3.17. The summed E-state index contributed by atoms with van der Waals surface area (Å²) < 4.78 is 6.64. The molecule has 2 aromatic rings. The maximum absolute atomic E-state index is 5.80. The molecule has 0 aliphatic carbocycles. The Hall–Kier alpha value is -0.870. The van der Waals surface area contributed by atoms with E-state index in [2.05, 4.69) is 12.6 Å². The summed E-state index contributed by atoms with van der Waals surface area (Å²) in [4.78, 5) is 0.828. The smallest absolute Gasteiger partial charge is 0.129 e. The standard InChI is InChI=1S/C10H11NOS2/c1-2-12-6-4-3-5-7-8(6)9(13)10(11)14-7/h3-5,13H,2,11H2,1H3. The second-order valence-corrected chi connectivity index (χ2v) is 4.41. The first kappa shape index (κ1) is 9.68. The molecule has 0 radical (unpaired) electrons. The Morgan fingerprint density at radius 1 is 1.50 bits per heavy atom. The molecule has 14 heavy (non-hydrogen) atoms. The maximum Gasteiger partial charge on any atom is 0.129 e. The van der Waals surface area contributed by atoms with Crippen LogP contribution in [0.2, 0.25) is 0 Å². The third-order valence-electron chi connectivity index (χ3n) is 1.98. The molecule has 0 atom stereocenters. The summed E-state index contributed by atoms with van der Waals surface area (Å²) in [6.45, 7) is 2.62. The topological polar surface area (TPSA) is 35.2 Å². The molecule has 2 rings (SSSR count). The van der Waals surface area contributed by atoms with Crippen LogP contribution < -0.4 is 10.5 Å². The van der Waals surface area contributed by atoms with Crippen LogP contribution in [0.4, 0.5) is 5.00 Å². The lowest BCUT2D eigenvalue weighted by atomic mass is 10.2. The lowest BCUT2D eigenvalue weighted by Crippen LogP contribution is -1.91. The van der Waals surface area contributed by atoms with E-state index in [4.69, 9.17) is 10.5 Å². The zero-order valence-corrected chi connectivity index (χ0v) is 9.49. The second kappa shape index (κ2) is 3.71. The number of benzene rings is 1. The van der Waals surface area contributed by atoms with Gasteiger partial charge in [-0.05, 0) is 19.1 Å². The van der Waals surface area contributed by atoms with Crippen molar-refractivity contribution in [3.8, 4) is 5.75 Å². The van der Waals surface area contributed by atoms with Gasteiger partial charge in [-0.3, -0.25) is 0 Å². The van der Waals surface area contributed by atoms with Gasteiger partial charge in [-0.2, -0.15) is 0 Å². The van der Waals surface area contributed by atoms with Crippen molar-refractivity contribution < 1.29 is 4.74 Å². The summed E-state index contributed by atoms with van der Waals surface area (Å²) in [7, 11) is 0. The van der Waals surface area contributed by atoms with E-state index in [0.29, 0.717) is 6.61 Å². The summed E-state index contributed by atoms with van der Waals surface area (Å²) in [5.41, 5.74) is 5.80. The van der Waals surface area contributed by atoms with Crippen molar-refractivity contribution in [3.05, 3.63) is 18.2 Å². The van der Waals surface area contributed by atoms with Gasteiger partial charge >= 0.3 is 0 Å². The van der Waals surface area contributed by atoms with Crippen LogP contribution in [-0.2, 0) is 0 Å². The van der Waals surface area contributed by atoms with E-state index < -0.39 is 0 Å². The molecular weight excluding hydrogens is 214 g/mol. The number of anilines is 1. The van der Waals surface area contributed by atoms with E-state index in [1.165, 1.54) is 0 Å². The third-order valence-corrected chi connectivity index (χ3v) is 3.58. The molecule has 1 aromatic carbocycles. The van der Waals surface area contributed by atoms with Gasteiger partial charge in [0.2, 0.25) is 0 Å². The molecule has 0 spiro atoms. The van der Waals surface area contributed by atoms with Crippen molar-refractivity contribution >= 4 is 39.1 Å². The molecule has 0 amide bonds. The van der Waals surface area contributed by atoms with Crippen molar-refractivity contribution in [1.29, 1.82) is 0 Å². The van der Waals surface area contributed by atoms with E-state index in [-0.39, 0.29) is 0 Å². The van der Waals surface area contributed by atoms with Crippen molar-refractivity contribution in [1.82, 2.24) is 0 Å². The highest BCUT2D eigenvalue weighted by Gasteiger charge is 2.10. The molecule has 0 unspecified atom stereocenters. The fraction of sp³-hybridized carbons (Fsp3) is 0.200. The van der Waals surface area contributed by atoms with E-state index in [1.54, 1.807) is 11.3 Å². The highest BCUT2D eigenvalue weighted by molar-refractivity contribution is 7.81. The molecule has 2 nitrogen and oxygen atoms in total. The highest BCUT2D eigenvalue weighted by atomic mass is 32.1. The minimum absolute atomic E-state index is 0.655. The van der Waals surface area contributed by atoms with Crippen molar-refractivity contribution in [2.75, 3.05) is 12.3 Å². The molecule has 0 fully saturated rings. The van der Waals surface area contributed by atoms with Gasteiger partial charge < -0.3 is 10.5 Å². The van der Waals surface area contributed by atoms with Crippen LogP contribution in [0.25, 0.3) is 10.1 Å². The van der Waals surface area contributed by atoms with E-state index >= 15 is 0 Å². The van der Waals surface area contributed by atoms with Crippen LogP contribution in [-0.4, -0.2) is 6.61 Å². The summed E-state index contributed by atoms with van der Waals surface area (Å²) in [6, 6.07) is 5.94. The van der Waals surface area contributed by atoms with Gasteiger partial charge in [-0.1, -0.05) is 6.07 Å². The van der Waals surface area contributed by atoms with Crippen LogP contribution in [0.15, 0.2) is 23.1 Å². The van der Waals surface area contributed by atoms with Crippen molar-refractivity contribution in [2.24, 2.45) is 0 Å². The quantitative estimate of drug-likeness (QED) is 0.770. The number of rotatable bonds is 2. The third kappa shape index (κ3) is 1.44. The highest BCUT2D eigenvalue weighted by Crippen LogP contribution is 2.41. The Morgan fingerprint density at radius 3 is 3.00 bits per heavy atom. The average molecular weight is 225 g/mol. The Labute approximate surface area is 92.1 Å². The Balaban J connectivity index is 2.71. The van der Waals surface area contributed by atoms with Gasteiger partial charge in [0, 0.05) is 9.60 Å². The zero-order valence-electron chi connectivity index (χ0n) is 7.78. The number of thiophene rings is 1. The minimum Gasteiger partial charge on any atom is -0.493 e. The van der Waals surface area contributed by atoms with Crippen molar-refractivity contribution in [2.45, 2.75) is 11.8 Å². The first-order chi connectivity index (χ1) is 6.74. The van der Waals surface area contributed by atoms with E-state index in [1.807, 2.05) is 25.1 Å². The molecule has 0 bridgehead atoms. The molecule has 2 N–H and O–H groups in total. The monoisotopic (exact) mass is 225 g/mol. The molecule has 4 heteroatoms. The van der Waals surface area contributed by atoms with Gasteiger partial charge in [0.15, 0.2) is 0 Å². The lowest BCUT2D eigenvalue weighted by molar-refractivity contribution is 0.344. The SMILES string of the molecule is CCOc1cccc2sc(N)c(S)c12. The van der Waals surface area contributed by atoms with E-state index in [9.17, 15) is 0 Å². The summed E-state index contributed by atoms with van der Waals surface area (Å²) in [6.07, 6.45) is 0. The molecule has 1 aromatic heterocycles. The molecule has 1 heterocycles. The number of hydrogen-bond acceptors (Lipinski definition) is 4. The number of fused-ring (bicyclic) bond motifs is 1. The number of nitrogen functional groups attached to an aromatic ring is 1. The summed E-state index contributed by atoms with van der Waals surface area (Å²) >= 11 is 5.92. The Kier molecular flexibility index (Phi) is 2.56. The Bertz CT molecular complexity index is 464. The van der Waals surface area contributed by atoms with E-state index in [0.717, 1.165) is 25.7 Å². The second-order valence-electron chi connectivity index (χ2n) is 2.88. The molecule has 0 saturated heterocycles.